The highest BCUT2D eigenvalue weighted by molar-refractivity contribution is 9.10. The van der Waals surface area contributed by atoms with Crippen molar-refractivity contribution in [3.63, 3.8) is 0 Å². The molecule has 0 fully saturated rings. The number of carboxylic acids is 1. The minimum Gasteiger partial charge on any atom is -0.482 e. The number of hydrogen-bond acceptors (Lipinski definition) is 4. The molecule has 0 atom stereocenters. The zero-order valence-corrected chi connectivity index (χ0v) is 12.1. The summed E-state index contributed by atoms with van der Waals surface area (Å²) in [4.78, 5) is 20.8. The van der Waals surface area contributed by atoms with Gasteiger partial charge in [-0.2, -0.15) is 0 Å². The van der Waals surface area contributed by atoms with Gasteiger partial charge in [0.15, 0.2) is 0 Å². The van der Waals surface area contributed by atoms with Crippen LogP contribution in [0.2, 0.25) is 5.02 Å². The van der Waals surface area contributed by atoms with Gasteiger partial charge in [-0.3, -0.25) is 10.1 Å². The van der Waals surface area contributed by atoms with Crippen LogP contribution in [0.4, 0.5) is 5.69 Å². The first-order valence-electron chi connectivity index (χ1n) is 4.99. The van der Waals surface area contributed by atoms with Crippen molar-refractivity contribution in [3.05, 3.63) is 43.4 Å². The Morgan fingerprint density at radius 1 is 1.63 bits per heavy atom. The minimum absolute atomic E-state index is 0.00355. The number of rotatable bonds is 5. The molecule has 0 bridgehead atoms. The molecule has 0 aliphatic rings. The molecule has 102 valence electrons. The summed E-state index contributed by atoms with van der Waals surface area (Å²) in [7, 11) is 0. The highest BCUT2D eigenvalue weighted by atomic mass is 79.9. The van der Waals surface area contributed by atoms with Gasteiger partial charge in [-0.1, -0.05) is 11.6 Å². The number of nitrogens with zero attached hydrogens (tertiary/aromatic N) is 1. The molecule has 0 amide bonds. The van der Waals surface area contributed by atoms with Crippen molar-refractivity contribution in [1.29, 1.82) is 0 Å². The van der Waals surface area contributed by atoms with E-state index in [2.05, 4.69) is 15.9 Å². The summed E-state index contributed by atoms with van der Waals surface area (Å²) in [5, 5.41) is 19.7. The molecule has 0 heterocycles. The smallest absolute Gasteiger partial charge is 0.331 e. The van der Waals surface area contributed by atoms with Crippen LogP contribution >= 0.6 is 27.5 Å². The molecule has 0 radical (unpaired) electrons. The third-order valence-corrected chi connectivity index (χ3v) is 2.95. The molecule has 0 saturated heterocycles. The normalized spacial score (nSPS) is 11.2. The van der Waals surface area contributed by atoms with Gasteiger partial charge in [0.1, 0.15) is 6.61 Å². The summed E-state index contributed by atoms with van der Waals surface area (Å²) < 4.78 is 5.55. The molecule has 1 aromatic rings. The van der Waals surface area contributed by atoms with E-state index in [1.54, 1.807) is 0 Å². The predicted octanol–water partition coefficient (Wildman–Crippen LogP) is 3.42. The van der Waals surface area contributed by atoms with Crippen molar-refractivity contribution in [3.8, 4) is 5.75 Å². The van der Waals surface area contributed by atoms with Crippen LogP contribution in [0.25, 0.3) is 0 Å². The zero-order valence-electron chi connectivity index (χ0n) is 9.72. The Balaban J connectivity index is 2.98. The fraction of sp³-hybridized carbons (Fsp3) is 0.182. The SMILES string of the molecule is CC(=CCOc1c(Br)cc(Cl)cc1[N+](=O)[O-])C(=O)O. The lowest BCUT2D eigenvalue weighted by molar-refractivity contribution is -0.385. The van der Waals surface area contributed by atoms with Crippen molar-refractivity contribution >= 4 is 39.2 Å². The van der Waals surface area contributed by atoms with E-state index in [-0.39, 0.29) is 28.6 Å². The average Bonchev–Trinajstić information content (AvgIpc) is 2.30. The summed E-state index contributed by atoms with van der Waals surface area (Å²) >= 11 is 8.82. The zero-order chi connectivity index (χ0) is 14.6. The molecule has 1 N–H and O–H groups in total. The van der Waals surface area contributed by atoms with Gasteiger partial charge in [0.2, 0.25) is 5.75 Å². The van der Waals surface area contributed by atoms with Crippen molar-refractivity contribution in [2.75, 3.05) is 6.61 Å². The Morgan fingerprint density at radius 2 is 2.26 bits per heavy atom. The lowest BCUT2D eigenvalue weighted by Gasteiger charge is -2.07. The molecular formula is C11H9BrClNO5. The van der Waals surface area contributed by atoms with Gasteiger partial charge < -0.3 is 9.84 Å². The Kier molecular flexibility index (Phi) is 5.31. The summed E-state index contributed by atoms with van der Waals surface area (Å²) in [6.07, 6.45) is 1.31. The van der Waals surface area contributed by atoms with E-state index >= 15 is 0 Å². The van der Waals surface area contributed by atoms with Crippen LogP contribution in [-0.2, 0) is 4.79 Å². The molecular weight excluding hydrogens is 341 g/mol. The monoisotopic (exact) mass is 349 g/mol. The second kappa shape index (κ2) is 6.53. The standard InChI is InChI=1S/C11H9BrClNO5/c1-6(11(15)16)2-3-19-10-8(12)4-7(13)5-9(10)14(17)18/h2,4-5H,3H2,1H3,(H,15,16). The molecule has 0 unspecified atom stereocenters. The lowest BCUT2D eigenvalue weighted by atomic mass is 10.3. The van der Waals surface area contributed by atoms with E-state index in [0.717, 1.165) is 6.07 Å². The van der Waals surface area contributed by atoms with Gasteiger partial charge in [-0.15, -0.1) is 0 Å². The number of hydrogen-bond donors (Lipinski definition) is 1. The third-order valence-electron chi connectivity index (χ3n) is 2.14. The van der Waals surface area contributed by atoms with E-state index in [1.165, 1.54) is 19.1 Å². The Morgan fingerprint density at radius 3 is 2.79 bits per heavy atom. The molecule has 1 aromatic carbocycles. The van der Waals surface area contributed by atoms with Crippen LogP contribution in [0, 0.1) is 10.1 Å². The van der Waals surface area contributed by atoms with E-state index in [9.17, 15) is 14.9 Å². The molecule has 0 aliphatic heterocycles. The average molecular weight is 351 g/mol. The predicted molar refractivity (Wildman–Crippen MR) is 72.7 cm³/mol. The van der Waals surface area contributed by atoms with Gasteiger partial charge in [0, 0.05) is 16.7 Å². The number of carboxylic acid groups (broad SMARTS) is 1. The summed E-state index contributed by atoms with van der Waals surface area (Å²) in [6.45, 7) is 1.30. The fourth-order valence-corrected chi connectivity index (χ4v) is 2.07. The van der Waals surface area contributed by atoms with Crippen LogP contribution in [0.15, 0.2) is 28.3 Å². The first kappa shape index (κ1) is 15.5. The van der Waals surface area contributed by atoms with Crippen molar-refractivity contribution in [1.82, 2.24) is 0 Å². The molecule has 0 spiro atoms. The number of nitro benzene ring substituents is 1. The Hall–Kier alpha value is -1.60. The minimum atomic E-state index is -1.08. The first-order valence-corrected chi connectivity index (χ1v) is 6.16. The Bertz CT molecular complexity index is 558. The van der Waals surface area contributed by atoms with Crippen molar-refractivity contribution in [2.24, 2.45) is 0 Å². The molecule has 0 saturated carbocycles. The van der Waals surface area contributed by atoms with Crippen LogP contribution in [-0.4, -0.2) is 22.6 Å². The van der Waals surface area contributed by atoms with Crippen LogP contribution < -0.4 is 4.74 Å². The third kappa shape index (κ3) is 4.22. The van der Waals surface area contributed by atoms with Gasteiger partial charge >= 0.3 is 11.7 Å². The Labute approximate surface area is 121 Å². The quantitative estimate of drug-likeness (QED) is 0.499. The number of ether oxygens (including phenoxy) is 1. The number of nitro groups is 1. The molecule has 1 rings (SSSR count). The van der Waals surface area contributed by atoms with E-state index in [1.807, 2.05) is 0 Å². The van der Waals surface area contributed by atoms with Gasteiger partial charge in [-0.05, 0) is 35.0 Å². The summed E-state index contributed by atoms with van der Waals surface area (Å²) in [5.41, 5.74) is -0.200. The molecule has 8 heteroatoms. The number of benzene rings is 1. The largest absolute Gasteiger partial charge is 0.482 e. The van der Waals surface area contributed by atoms with Crippen molar-refractivity contribution in [2.45, 2.75) is 6.92 Å². The maximum Gasteiger partial charge on any atom is 0.331 e. The molecule has 19 heavy (non-hydrogen) atoms. The second-order valence-electron chi connectivity index (χ2n) is 3.50. The van der Waals surface area contributed by atoms with E-state index in [0.29, 0.717) is 4.47 Å². The maximum absolute atomic E-state index is 10.9. The number of aliphatic carboxylic acids is 1. The van der Waals surface area contributed by atoms with Gasteiger partial charge in [-0.25, -0.2) is 4.79 Å². The van der Waals surface area contributed by atoms with E-state index in [4.69, 9.17) is 21.4 Å². The second-order valence-corrected chi connectivity index (χ2v) is 4.79. The highest BCUT2D eigenvalue weighted by Gasteiger charge is 2.19. The van der Waals surface area contributed by atoms with Gasteiger partial charge in [0.05, 0.1) is 9.40 Å². The van der Waals surface area contributed by atoms with E-state index < -0.39 is 10.9 Å². The van der Waals surface area contributed by atoms with Crippen LogP contribution in [0.3, 0.4) is 0 Å². The number of carbonyl (C=O) groups is 1. The number of halogens is 2. The lowest BCUT2D eigenvalue weighted by Crippen LogP contribution is -2.03. The van der Waals surface area contributed by atoms with Crippen LogP contribution in [0.5, 0.6) is 5.75 Å². The molecule has 6 nitrogen and oxygen atoms in total. The topological polar surface area (TPSA) is 89.7 Å². The maximum atomic E-state index is 10.9. The van der Waals surface area contributed by atoms with Gasteiger partial charge in [0.25, 0.3) is 0 Å². The summed E-state index contributed by atoms with van der Waals surface area (Å²) in [5.74, 6) is -1.07. The fourth-order valence-electron chi connectivity index (χ4n) is 1.16. The molecule has 0 aromatic heterocycles. The first-order chi connectivity index (χ1) is 8.82. The van der Waals surface area contributed by atoms with Crippen molar-refractivity contribution < 1.29 is 19.6 Å². The van der Waals surface area contributed by atoms with Crippen LogP contribution in [0.1, 0.15) is 6.92 Å². The summed E-state index contributed by atoms with van der Waals surface area (Å²) in [6, 6.07) is 2.62. The molecule has 0 aliphatic carbocycles. The highest BCUT2D eigenvalue weighted by Crippen LogP contribution is 2.37.